The number of aryl methyl sites for hydroxylation is 1. The maximum absolute atomic E-state index is 13.3. The Morgan fingerprint density at radius 1 is 1.03 bits per heavy atom. The minimum Gasteiger partial charge on any atom is -0.435 e. The van der Waals surface area contributed by atoms with Gasteiger partial charge in [-0.1, -0.05) is 75.7 Å². The number of amides is 1. The number of fused-ring (bicyclic) bond motifs is 5. The van der Waals surface area contributed by atoms with Crippen LogP contribution in [0.3, 0.4) is 0 Å². The van der Waals surface area contributed by atoms with Crippen LogP contribution in [0.2, 0.25) is 0 Å². The molecular weight excluding hydrogens is 514 g/mol. The minimum absolute atomic E-state index is 0.252. The quantitative estimate of drug-likeness (QED) is 0.337. The average Bonchev–Trinajstić information content (AvgIpc) is 3.00. The summed E-state index contributed by atoms with van der Waals surface area (Å²) in [5.41, 5.74) is 4.18. The maximum atomic E-state index is 13.3. The monoisotopic (exact) mass is 531 g/mol. The number of hydrogen-bond donors (Lipinski definition) is 2. The topological polar surface area (TPSA) is 89.0 Å². The molecule has 3 heterocycles. The second-order valence-corrected chi connectivity index (χ2v) is 9.98. The van der Waals surface area contributed by atoms with Gasteiger partial charge in [-0.3, -0.25) is 4.79 Å². The Balaban J connectivity index is 1.44. The lowest BCUT2D eigenvalue weighted by Crippen LogP contribution is -2.47. The first kappa shape index (κ1) is 21.1. The smallest absolute Gasteiger partial charge is 0.295 e. The van der Waals surface area contributed by atoms with E-state index in [1.807, 2.05) is 42.5 Å². The van der Waals surface area contributed by atoms with Gasteiger partial charge in [0, 0.05) is 21.5 Å². The summed E-state index contributed by atoms with van der Waals surface area (Å²) in [6, 6.07) is 21.5. The van der Waals surface area contributed by atoms with Gasteiger partial charge >= 0.3 is 0 Å². The predicted octanol–water partition coefficient (Wildman–Crippen LogP) is 5.51. The number of carbonyl (C=O) groups is 1. The van der Waals surface area contributed by atoms with Crippen molar-refractivity contribution in [1.82, 2.24) is 15.2 Å². The predicted molar refractivity (Wildman–Crippen MR) is 135 cm³/mol. The number of benzene rings is 3. The number of hydrogen-bond acceptors (Lipinski definition) is 7. The molecule has 34 heavy (non-hydrogen) atoms. The van der Waals surface area contributed by atoms with E-state index in [-0.39, 0.29) is 11.8 Å². The Labute approximate surface area is 208 Å². The second kappa shape index (κ2) is 8.11. The molecule has 1 aromatic heterocycles. The third kappa shape index (κ3) is 3.52. The zero-order chi connectivity index (χ0) is 23.3. The first-order valence-electron chi connectivity index (χ1n) is 10.6. The molecule has 3 aromatic carbocycles. The molecule has 2 N–H and O–H groups in total. The van der Waals surface area contributed by atoms with E-state index in [1.165, 1.54) is 17.3 Å². The first-order valence-corrected chi connectivity index (χ1v) is 12.4. The molecule has 7 nitrogen and oxygen atoms in total. The van der Waals surface area contributed by atoms with Crippen LogP contribution in [0.4, 0.5) is 11.4 Å². The van der Waals surface area contributed by atoms with Crippen LogP contribution in [-0.2, 0) is 16.3 Å². The van der Waals surface area contributed by atoms with Gasteiger partial charge in [-0.05, 0) is 36.8 Å². The number of carbonyl (C=O) groups excluding carboxylic acids is 1. The van der Waals surface area contributed by atoms with Crippen molar-refractivity contribution in [2.75, 3.05) is 10.6 Å². The van der Waals surface area contributed by atoms with Crippen LogP contribution in [0.5, 0.6) is 5.88 Å². The van der Waals surface area contributed by atoms with Crippen LogP contribution < -0.4 is 15.4 Å². The number of nitrogens with one attached hydrogen (secondary N) is 2. The zero-order valence-corrected chi connectivity index (χ0v) is 20.4. The molecule has 0 saturated heterocycles. The van der Waals surface area contributed by atoms with E-state index in [1.54, 1.807) is 0 Å². The highest BCUT2D eigenvalue weighted by Gasteiger charge is 2.52. The molecule has 4 aromatic rings. The van der Waals surface area contributed by atoms with Crippen LogP contribution in [0.25, 0.3) is 11.3 Å². The average molecular weight is 532 g/mol. The van der Waals surface area contributed by atoms with E-state index >= 15 is 0 Å². The van der Waals surface area contributed by atoms with Gasteiger partial charge in [0.25, 0.3) is 11.6 Å². The van der Waals surface area contributed by atoms with Crippen molar-refractivity contribution in [2.24, 2.45) is 0 Å². The highest BCUT2D eigenvalue weighted by atomic mass is 79.9. The fourth-order valence-corrected chi connectivity index (χ4v) is 5.16. The molecular formula is C25H18BrN5O2S. The molecule has 1 spiro atoms. The summed E-state index contributed by atoms with van der Waals surface area (Å²) in [6.07, 6.45) is 0. The number of halogens is 1. The van der Waals surface area contributed by atoms with Crippen molar-refractivity contribution in [2.45, 2.75) is 23.6 Å². The molecule has 0 unspecified atom stereocenters. The summed E-state index contributed by atoms with van der Waals surface area (Å²) in [5, 5.41) is 15.5. The van der Waals surface area contributed by atoms with Crippen molar-refractivity contribution in [3.8, 4) is 17.1 Å². The molecule has 0 bridgehead atoms. The van der Waals surface area contributed by atoms with Gasteiger partial charge in [0.1, 0.15) is 0 Å². The van der Waals surface area contributed by atoms with Crippen molar-refractivity contribution in [3.63, 3.8) is 0 Å². The largest absolute Gasteiger partial charge is 0.435 e. The lowest BCUT2D eigenvalue weighted by molar-refractivity contribution is -0.128. The molecule has 2 aliphatic heterocycles. The van der Waals surface area contributed by atoms with Crippen molar-refractivity contribution in [3.05, 3.63) is 87.9 Å². The molecule has 168 valence electrons. The third-order valence-electron chi connectivity index (χ3n) is 5.80. The zero-order valence-electron chi connectivity index (χ0n) is 18.0. The van der Waals surface area contributed by atoms with Crippen LogP contribution in [0.15, 0.2) is 76.4 Å². The molecule has 9 heteroatoms. The Kier molecular flexibility index (Phi) is 5.04. The Morgan fingerprint density at radius 2 is 1.85 bits per heavy atom. The molecule has 6 rings (SSSR count). The fraction of sp³-hybridized carbons (Fsp3) is 0.120. The van der Waals surface area contributed by atoms with E-state index in [9.17, 15) is 4.79 Å². The summed E-state index contributed by atoms with van der Waals surface area (Å²) >= 11 is 4.98. The molecule has 1 atom stereocenters. The normalized spacial score (nSPS) is 17.6. The summed E-state index contributed by atoms with van der Waals surface area (Å²) in [4.78, 5) is 18.0. The second-order valence-electron chi connectivity index (χ2n) is 8.12. The summed E-state index contributed by atoms with van der Waals surface area (Å²) in [7, 11) is 0. The van der Waals surface area contributed by atoms with Gasteiger partial charge in [0.05, 0.1) is 11.3 Å². The van der Waals surface area contributed by atoms with E-state index < -0.39 is 5.72 Å². The van der Waals surface area contributed by atoms with Gasteiger partial charge in [-0.15, -0.1) is 10.2 Å². The van der Waals surface area contributed by atoms with Crippen LogP contribution >= 0.6 is 27.7 Å². The van der Waals surface area contributed by atoms with Crippen molar-refractivity contribution < 1.29 is 9.53 Å². The number of para-hydroxylation sites is 1. The van der Waals surface area contributed by atoms with E-state index in [0.717, 1.165) is 15.6 Å². The number of ether oxygens (including phenoxy) is 1. The fourth-order valence-electron chi connectivity index (χ4n) is 4.06. The molecule has 0 aliphatic carbocycles. The van der Waals surface area contributed by atoms with E-state index in [2.05, 4.69) is 72.9 Å². The van der Waals surface area contributed by atoms with Crippen LogP contribution in [-0.4, -0.2) is 21.1 Å². The summed E-state index contributed by atoms with van der Waals surface area (Å²) < 4.78 is 7.25. The Bertz CT molecular complexity index is 1450. The molecule has 2 aliphatic rings. The number of rotatable bonds is 3. The molecule has 0 radical (unpaired) electrons. The summed E-state index contributed by atoms with van der Waals surface area (Å²) in [6.45, 7) is 2.06. The summed E-state index contributed by atoms with van der Waals surface area (Å²) in [5.74, 6) is 0.620. The number of anilines is 2. The van der Waals surface area contributed by atoms with Crippen LogP contribution in [0.1, 0.15) is 16.7 Å². The number of aromatic nitrogens is 3. The lowest BCUT2D eigenvalue weighted by atomic mass is 10.0. The SMILES string of the molecule is Cc1ccc(CSc2nnc3c(n2)O[C@@]2(Nc4ccccc4-3)C(=O)Nc3ccc(Br)cc32)cc1. The van der Waals surface area contributed by atoms with Gasteiger partial charge in [0.15, 0.2) is 5.69 Å². The van der Waals surface area contributed by atoms with Crippen molar-refractivity contribution >= 4 is 45.0 Å². The first-order chi connectivity index (χ1) is 16.5. The number of nitrogens with zero attached hydrogens (tertiary/aromatic N) is 3. The minimum atomic E-state index is -1.49. The van der Waals surface area contributed by atoms with E-state index in [4.69, 9.17) is 4.74 Å². The van der Waals surface area contributed by atoms with E-state index in [0.29, 0.717) is 33.5 Å². The molecule has 1 amide bonds. The van der Waals surface area contributed by atoms with Gasteiger partial charge in [-0.25, -0.2) is 0 Å². The number of thioether (sulfide) groups is 1. The highest BCUT2D eigenvalue weighted by Crippen LogP contribution is 2.47. The Hall–Kier alpha value is -3.43. The van der Waals surface area contributed by atoms with Gasteiger partial charge < -0.3 is 15.4 Å². The van der Waals surface area contributed by atoms with Crippen molar-refractivity contribution in [1.29, 1.82) is 0 Å². The van der Waals surface area contributed by atoms with Gasteiger partial charge in [-0.2, -0.15) is 4.98 Å². The maximum Gasteiger partial charge on any atom is 0.295 e. The highest BCUT2D eigenvalue weighted by molar-refractivity contribution is 9.10. The lowest BCUT2D eigenvalue weighted by Gasteiger charge is -2.28. The molecule has 0 saturated carbocycles. The standard InChI is InChI=1S/C25H18BrN5O2S/c1-14-6-8-15(9-7-14)13-34-24-28-22-21(30-31-24)17-4-2-3-5-19(17)29-25(33-22)18-12-16(26)10-11-20(18)27-23(25)32/h2-12,29H,13H2,1H3,(H,27,32)/t25-/m1/s1. The third-order valence-corrected chi connectivity index (χ3v) is 7.20. The Morgan fingerprint density at radius 3 is 2.71 bits per heavy atom. The van der Waals surface area contributed by atoms with Gasteiger partial charge in [0.2, 0.25) is 11.0 Å². The molecule has 0 fully saturated rings. The van der Waals surface area contributed by atoms with Crippen LogP contribution in [0, 0.1) is 6.92 Å².